The smallest absolute Gasteiger partial charge is 0.265 e. The van der Waals surface area contributed by atoms with Gasteiger partial charge in [-0.05, 0) is 31.6 Å². The molecule has 2 fully saturated rings. The van der Waals surface area contributed by atoms with Gasteiger partial charge in [0.05, 0.1) is 0 Å². The molecule has 0 aromatic carbocycles. The van der Waals surface area contributed by atoms with Crippen molar-refractivity contribution in [3.63, 3.8) is 0 Å². The lowest BCUT2D eigenvalue weighted by Gasteiger charge is -2.25. The molecular weight excluding hydrogens is 284 g/mol. The van der Waals surface area contributed by atoms with E-state index in [-0.39, 0.29) is 5.91 Å². The van der Waals surface area contributed by atoms with E-state index in [0.717, 1.165) is 24.0 Å². The van der Waals surface area contributed by atoms with Crippen molar-refractivity contribution in [2.45, 2.75) is 57.4 Å². The molecule has 0 radical (unpaired) electrons. The van der Waals surface area contributed by atoms with Crippen molar-refractivity contribution in [1.82, 2.24) is 10.3 Å². The van der Waals surface area contributed by atoms with Crippen molar-refractivity contribution in [1.29, 1.82) is 0 Å². The number of nitrogen functional groups attached to an aromatic ring is 1. The Bertz CT molecular complexity index is 492. The first-order chi connectivity index (χ1) is 10.2. The molecule has 1 heterocycles. The van der Waals surface area contributed by atoms with E-state index in [9.17, 15) is 4.79 Å². The van der Waals surface area contributed by atoms with E-state index in [2.05, 4.69) is 15.6 Å². The van der Waals surface area contributed by atoms with Gasteiger partial charge in [-0.15, -0.1) is 0 Å². The van der Waals surface area contributed by atoms with Gasteiger partial charge in [0.1, 0.15) is 10.7 Å². The van der Waals surface area contributed by atoms with Gasteiger partial charge in [-0.3, -0.25) is 4.79 Å². The van der Waals surface area contributed by atoms with Crippen molar-refractivity contribution in [2.24, 2.45) is 5.92 Å². The lowest BCUT2D eigenvalue weighted by atomic mass is 9.93. The molecule has 21 heavy (non-hydrogen) atoms. The second-order valence-electron chi connectivity index (χ2n) is 6.20. The average molecular weight is 308 g/mol. The maximum atomic E-state index is 12.2. The van der Waals surface area contributed by atoms with Crippen molar-refractivity contribution in [3.05, 3.63) is 4.88 Å². The number of anilines is 2. The normalized spacial score (nSPS) is 19.4. The number of hydrogen-bond donors (Lipinski definition) is 3. The third-order valence-electron chi connectivity index (χ3n) is 4.61. The predicted molar refractivity (Wildman–Crippen MR) is 86.7 cm³/mol. The minimum atomic E-state index is -0.0790. The predicted octanol–water partition coefficient (Wildman–Crippen LogP) is 3.00. The summed E-state index contributed by atoms with van der Waals surface area (Å²) in [6, 6.07) is 0.508. The third-order valence-corrected chi connectivity index (χ3v) is 5.61. The van der Waals surface area contributed by atoms with Crippen LogP contribution >= 0.6 is 11.3 Å². The standard InChI is InChI=1S/C15H24N4OS/c16-13-12(21-15(19-13)18-11-6-3-7-11)14(20)17-9-8-10-4-1-2-5-10/h10-11H,1-9,16H2,(H,17,20)(H,18,19). The highest BCUT2D eigenvalue weighted by atomic mass is 32.1. The number of thiazole rings is 1. The van der Waals surface area contributed by atoms with Crippen molar-refractivity contribution < 1.29 is 4.79 Å². The van der Waals surface area contributed by atoms with Crippen LogP contribution in [-0.4, -0.2) is 23.5 Å². The lowest BCUT2D eigenvalue weighted by Crippen LogP contribution is -2.26. The number of carbonyl (C=O) groups excluding carboxylic acids is 1. The molecule has 1 aromatic rings. The fourth-order valence-electron chi connectivity index (χ4n) is 3.05. The van der Waals surface area contributed by atoms with E-state index >= 15 is 0 Å². The number of rotatable bonds is 6. The zero-order valence-electron chi connectivity index (χ0n) is 12.4. The first kappa shape index (κ1) is 14.6. The maximum Gasteiger partial charge on any atom is 0.265 e. The Hall–Kier alpha value is -1.30. The SMILES string of the molecule is Nc1nc(NC2CCC2)sc1C(=O)NCCC1CCCC1. The topological polar surface area (TPSA) is 80.0 Å². The van der Waals surface area contributed by atoms with Crippen LogP contribution in [0.4, 0.5) is 10.9 Å². The Morgan fingerprint density at radius 1 is 1.24 bits per heavy atom. The Morgan fingerprint density at radius 3 is 2.67 bits per heavy atom. The fraction of sp³-hybridized carbons (Fsp3) is 0.733. The van der Waals surface area contributed by atoms with E-state index in [0.29, 0.717) is 16.7 Å². The molecule has 0 aliphatic heterocycles. The van der Waals surface area contributed by atoms with Crippen molar-refractivity contribution in [3.8, 4) is 0 Å². The summed E-state index contributed by atoms with van der Waals surface area (Å²) in [5, 5.41) is 7.10. The van der Waals surface area contributed by atoms with E-state index in [1.165, 1.54) is 56.3 Å². The summed E-state index contributed by atoms with van der Waals surface area (Å²) in [6.07, 6.45) is 10.0. The summed E-state index contributed by atoms with van der Waals surface area (Å²) < 4.78 is 0. The number of carbonyl (C=O) groups is 1. The van der Waals surface area contributed by atoms with Gasteiger partial charge in [0.2, 0.25) is 0 Å². The molecule has 116 valence electrons. The molecule has 5 nitrogen and oxygen atoms in total. The second kappa shape index (κ2) is 6.64. The zero-order chi connectivity index (χ0) is 14.7. The van der Waals surface area contributed by atoms with Crippen LogP contribution in [0, 0.1) is 5.92 Å². The molecule has 6 heteroatoms. The molecule has 0 atom stereocenters. The largest absolute Gasteiger partial charge is 0.382 e. The summed E-state index contributed by atoms with van der Waals surface area (Å²) in [4.78, 5) is 17.0. The van der Waals surface area contributed by atoms with Crippen molar-refractivity contribution in [2.75, 3.05) is 17.6 Å². The van der Waals surface area contributed by atoms with Gasteiger partial charge < -0.3 is 16.4 Å². The molecule has 3 rings (SSSR count). The minimum absolute atomic E-state index is 0.0790. The number of nitrogens with two attached hydrogens (primary N) is 1. The first-order valence-corrected chi connectivity index (χ1v) is 8.85. The van der Waals surface area contributed by atoms with E-state index in [1.807, 2.05) is 0 Å². The highest BCUT2D eigenvalue weighted by molar-refractivity contribution is 7.18. The highest BCUT2D eigenvalue weighted by Gasteiger charge is 2.21. The van der Waals surface area contributed by atoms with Gasteiger partial charge in [-0.1, -0.05) is 37.0 Å². The van der Waals surface area contributed by atoms with Gasteiger partial charge >= 0.3 is 0 Å². The Balaban J connectivity index is 1.48. The lowest BCUT2D eigenvalue weighted by molar-refractivity contribution is 0.0956. The first-order valence-electron chi connectivity index (χ1n) is 8.03. The molecule has 1 aromatic heterocycles. The van der Waals surface area contributed by atoms with Crippen LogP contribution in [0.25, 0.3) is 0 Å². The molecule has 2 aliphatic rings. The molecule has 2 aliphatic carbocycles. The number of amides is 1. The van der Waals surface area contributed by atoms with Gasteiger partial charge in [-0.25, -0.2) is 4.98 Å². The second-order valence-corrected chi connectivity index (χ2v) is 7.20. The Kier molecular flexibility index (Phi) is 4.63. The zero-order valence-corrected chi connectivity index (χ0v) is 13.2. The third kappa shape index (κ3) is 3.67. The number of hydrogen-bond acceptors (Lipinski definition) is 5. The summed E-state index contributed by atoms with van der Waals surface area (Å²) in [5.74, 6) is 1.06. The van der Waals surface area contributed by atoms with Crippen LogP contribution in [-0.2, 0) is 0 Å². The van der Waals surface area contributed by atoms with E-state index in [1.54, 1.807) is 0 Å². The van der Waals surface area contributed by atoms with Gasteiger partial charge in [0, 0.05) is 12.6 Å². The fourth-order valence-corrected chi connectivity index (χ4v) is 3.93. The molecule has 2 saturated carbocycles. The van der Waals surface area contributed by atoms with Crippen LogP contribution < -0.4 is 16.4 Å². The molecule has 0 saturated heterocycles. The molecule has 0 bridgehead atoms. The molecule has 1 amide bonds. The maximum absolute atomic E-state index is 12.2. The van der Waals surface area contributed by atoms with E-state index < -0.39 is 0 Å². The summed E-state index contributed by atoms with van der Waals surface area (Å²) in [6.45, 7) is 0.742. The number of nitrogens with one attached hydrogen (secondary N) is 2. The van der Waals surface area contributed by atoms with Crippen LogP contribution in [0.1, 0.15) is 61.0 Å². The van der Waals surface area contributed by atoms with Crippen LogP contribution in [0.3, 0.4) is 0 Å². The quantitative estimate of drug-likeness (QED) is 0.754. The Morgan fingerprint density at radius 2 is 2.00 bits per heavy atom. The Labute approximate surface area is 129 Å². The minimum Gasteiger partial charge on any atom is -0.382 e. The molecule has 0 unspecified atom stereocenters. The van der Waals surface area contributed by atoms with Crippen LogP contribution in [0.5, 0.6) is 0 Å². The number of nitrogens with zero attached hydrogens (tertiary/aromatic N) is 1. The molecule has 0 spiro atoms. The van der Waals surface area contributed by atoms with E-state index in [4.69, 9.17) is 5.73 Å². The van der Waals surface area contributed by atoms with Gasteiger partial charge in [0.25, 0.3) is 5.91 Å². The van der Waals surface area contributed by atoms with Crippen LogP contribution in [0.2, 0.25) is 0 Å². The van der Waals surface area contributed by atoms with Gasteiger partial charge in [0.15, 0.2) is 5.13 Å². The van der Waals surface area contributed by atoms with Gasteiger partial charge in [-0.2, -0.15) is 0 Å². The highest BCUT2D eigenvalue weighted by Crippen LogP contribution is 2.30. The summed E-state index contributed by atoms with van der Waals surface area (Å²) in [7, 11) is 0. The average Bonchev–Trinajstić information content (AvgIpc) is 3.03. The monoisotopic (exact) mass is 308 g/mol. The summed E-state index contributed by atoms with van der Waals surface area (Å²) in [5.41, 5.74) is 5.87. The molecular formula is C15H24N4OS. The molecule has 4 N–H and O–H groups in total. The summed E-state index contributed by atoms with van der Waals surface area (Å²) >= 11 is 1.37. The van der Waals surface area contributed by atoms with Crippen molar-refractivity contribution >= 4 is 28.2 Å². The van der Waals surface area contributed by atoms with Crippen LogP contribution in [0.15, 0.2) is 0 Å². The number of aromatic nitrogens is 1.